The summed E-state index contributed by atoms with van der Waals surface area (Å²) in [6.07, 6.45) is -3.60. The van der Waals surface area contributed by atoms with Crippen LogP contribution in [0.3, 0.4) is 0 Å². The number of aliphatic imine (C=N–C) groups is 1. The SMILES string of the molecule is O=C1NC(=O)N(c2cccc(C(F)(F)F)c2)C(=O)[C@@H]1C=Nc1cccc(Br)c1. The minimum atomic E-state index is -4.65. The first-order chi connectivity index (χ1) is 13.2. The summed E-state index contributed by atoms with van der Waals surface area (Å²) in [6.45, 7) is 0. The first-order valence-electron chi connectivity index (χ1n) is 7.82. The molecule has 0 radical (unpaired) electrons. The number of alkyl halides is 3. The van der Waals surface area contributed by atoms with E-state index in [2.05, 4.69) is 20.9 Å². The molecule has 0 unspecified atom stereocenters. The van der Waals surface area contributed by atoms with Crippen LogP contribution in [0.25, 0.3) is 0 Å². The predicted octanol–water partition coefficient (Wildman–Crippen LogP) is 4.07. The van der Waals surface area contributed by atoms with Crippen LogP contribution in [0.15, 0.2) is 58.0 Å². The van der Waals surface area contributed by atoms with E-state index in [9.17, 15) is 27.6 Å². The summed E-state index contributed by atoms with van der Waals surface area (Å²) in [7, 11) is 0. The molecule has 0 aromatic heterocycles. The van der Waals surface area contributed by atoms with Crippen molar-refractivity contribution in [2.24, 2.45) is 10.9 Å². The van der Waals surface area contributed by atoms with Crippen molar-refractivity contribution in [1.29, 1.82) is 0 Å². The van der Waals surface area contributed by atoms with Crippen LogP contribution in [0.1, 0.15) is 5.56 Å². The van der Waals surface area contributed by atoms with Gasteiger partial charge in [-0.15, -0.1) is 0 Å². The number of benzene rings is 2. The van der Waals surface area contributed by atoms with E-state index in [0.29, 0.717) is 16.7 Å². The second kappa shape index (κ2) is 7.55. The molecule has 3 rings (SSSR count). The van der Waals surface area contributed by atoms with E-state index in [1.807, 2.05) is 5.32 Å². The molecule has 4 amide bonds. The molecule has 144 valence electrons. The van der Waals surface area contributed by atoms with E-state index in [0.717, 1.165) is 22.8 Å². The normalized spacial score (nSPS) is 17.9. The Kier molecular flexibility index (Phi) is 5.32. The van der Waals surface area contributed by atoms with E-state index in [4.69, 9.17) is 0 Å². The van der Waals surface area contributed by atoms with Crippen LogP contribution >= 0.6 is 15.9 Å². The van der Waals surface area contributed by atoms with Gasteiger partial charge in [0.05, 0.1) is 16.9 Å². The second-order valence-corrected chi connectivity index (χ2v) is 6.67. The first-order valence-corrected chi connectivity index (χ1v) is 8.62. The summed E-state index contributed by atoms with van der Waals surface area (Å²) in [6, 6.07) is 9.30. The van der Waals surface area contributed by atoms with Crippen LogP contribution < -0.4 is 10.2 Å². The molecule has 1 N–H and O–H groups in total. The Morgan fingerprint density at radius 1 is 1.07 bits per heavy atom. The van der Waals surface area contributed by atoms with E-state index in [1.54, 1.807) is 24.3 Å². The lowest BCUT2D eigenvalue weighted by Gasteiger charge is -2.28. The molecule has 1 saturated heterocycles. The Hall–Kier alpha value is -3.01. The first kappa shape index (κ1) is 19.7. The van der Waals surface area contributed by atoms with Crippen molar-refractivity contribution >= 4 is 51.4 Å². The van der Waals surface area contributed by atoms with Crippen molar-refractivity contribution in [2.75, 3.05) is 4.90 Å². The molecule has 1 fully saturated rings. The summed E-state index contributed by atoms with van der Waals surface area (Å²) in [5.74, 6) is -3.37. The summed E-state index contributed by atoms with van der Waals surface area (Å²) in [5.41, 5.74) is -0.884. The van der Waals surface area contributed by atoms with Gasteiger partial charge in [-0.3, -0.25) is 19.9 Å². The maximum absolute atomic E-state index is 12.9. The number of halogens is 4. The fourth-order valence-electron chi connectivity index (χ4n) is 2.50. The maximum Gasteiger partial charge on any atom is 0.416 e. The van der Waals surface area contributed by atoms with Crippen molar-refractivity contribution in [2.45, 2.75) is 6.18 Å². The van der Waals surface area contributed by atoms with Crippen LogP contribution in [0, 0.1) is 5.92 Å². The average Bonchev–Trinajstić information content (AvgIpc) is 2.61. The van der Waals surface area contributed by atoms with E-state index in [1.165, 1.54) is 6.07 Å². The summed E-state index contributed by atoms with van der Waals surface area (Å²) in [5, 5.41) is 1.96. The number of imide groups is 2. The number of carbonyl (C=O) groups is 3. The monoisotopic (exact) mass is 453 g/mol. The molecule has 2 aromatic rings. The highest BCUT2D eigenvalue weighted by Gasteiger charge is 2.41. The highest BCUT2D eigenvalue weighted by Crippen LogP contribution is 2.32. The fourth-order valence-corrected chi connectivity index (χ4v) is 2.89. The Morgan fingerprint density at radius 3 is 2.46 bits per heavy atom. The molecule has 1 aliphatic heterocycles. The number of hydrogen-bond acceptors (Lipinski definition) is 4. The number of rotatable bonds is 3. The predicted molar refractivity (Wildman–Crippen MR) is 98.3 cm³/mol. The molecule has 10 heteroatoms. The van der Waals surface area contributed by atoms with E-state index >= 15 is 0 Å². The number of carbonyl (C=O) groups excluding carboxylic acids is 3. The third-order valence-electron chi connectivity index (χ3n) is 3.81. The standard InChI is InChI=1S/C18H11BrF3N3O3/c19-11-4-2-5-12(8-11)23-9-14-15(26)24-17(28)25(16(14)27)13-6-1-3-10(7-13)18(20,21)22/h1-9,14H,(H,24,26,28)/t14-/m1/s1. The Bertz CT molecular complexity index is 991. The van der Waals surface area contributed by atoms with E-state index in [-0.39, 0.29) is 5.69 Å². The fraction of sp³-hybridized carbons (Fsp3) is 0.111. The van der Waals surface area contributed by atoms with Crippen LogP contribution in [-0.4, -0.2) is 24.1 Å². The molecule has 1 aliphatic rings. The van der Waals surface area contributed by atoms with Crippen molar-refractivity contribution in [1.82, 2.24) is 5.32 Å². The van der Waals surface area contributed by atoms with Crippen molar-refractivity contribution < 1.29 is 27.6 Å². The summed E-state index contributed by atoms with van der Waals surface area (Å²) in [4.78, 5) is 41.3. The minimum absolute atomic E-state index is 0.300. The van der Waals surface area contributed by atoms with Gasteiger partial charge in [0, 0.05) is 10.7 Å². The molecule has 6 nitrogen and oxygen atoms in total. The molecule has 0 spiro atoms. The van der Waals surface area contributed by atoms with Gasteiger partial charge in [-0.05, 0) is 36.4 Å². The van der Waals surface area contributed by atoms with Gasteiger partial charge >= 0.3 is 12.2 Å². The quantitative estimate of drug-likeness (QED) is 0.561. The zero-order valence-corrected chi connectivity index (χ0v) is 15.5. The maximum atomic E-state index is 12.9. The van der Waals surface area contributed by atoms with Gasteiger partial charge in [0.15, 0.2) is 5.92 Å². The van der Waals surface area contributed by atoms with Crippen LogP contribution in [0.5, 0.6) is 0 Å². The molecule has 1 heterocycles. The lowest BCUT2D eigenvalue weighted by Crippen LogP contribution is -2.58. The minimum Gasteiger partial charge on any atom is -0.276 e. The number of barbiturate groups is 1. The average molecular weight is 454 g/mol. The molecule has 0 aliphatic carbocycles. The number of hydrogen-bond donors (Lipinski definition) is 1. The van der Waals surface area contributed by atoms with Crippen LogP contribution in [0.4, 0.5) is 29.3 Å². The van der Waals surface area contributed by atoms with Gasteiger partial charge in [-0.25, -0.2) is 9.69 Å². The lowest BCUT2D eigenvalue weighted by atomic mass is 10.1. The Balaban J connectivity index is 1.92. The number of nitrogens with one attached hydrogen (secondary N) is 1. The molecule has 0 bridgehead atoms. The highest BCUT2D eigenvalue weighted by atomic mass is 79.9. The highest BCUT2D eigenvalue weighted by molar-refractivity contribution is 9.10. The molecular weight excluding hydrogens is 443 g/mol. The molecule has 2 aromatic carbocycles. The van der Waals surface area contributed by atoms with Crippen LogP contribution in [-0.2, 0) is 15.8 Å². The molecular formula is C18H11BrF3N3O3. The third kappa shape index (κ3) is 4.11. The van der Waals surface area contributed by atoms with Gasteiger partial charge in [-0.2, -0.15) is 13.2 Å². The number of urea groups is 1. The third-order valence-corrected chi connectivity index (χ3v) is 4.31. The number of anilines is 1. The number of nitrogens with zero attached hydrogens (tertiary/aromatic N) is 2. The van der Waals surface area contributed by atoms with Crippen molar-refractivity contribution in [3.8, 4) is 0 Å². The molecule has 28 heavy (non-hydrogen) atoms. The lowest BCUT2D eigenvalue weighted by molar-refractivity contribution is -0.138. The molecule has 1 atom stereocenters. The molecule has 0 saturated carbocycles. The Morgan fingerprint density at radius 2 is 1.79 bits per heavy atom. The van der Waals surface area contributed by atoms with Crippen LogP contribution in [0.2, 0.25) is 0 Å². The second-order valence-electron chi connectivity index (χ2n) is 5.75. The zero-order valence-electron chi connectivity index (χ0n) is 13.9. The number of amides is 4. The van der Waals surface area contributed by atoms with Crippen molar-refractivity contribution in [3.05, 3.63) is 58.6 Å². The van der Waals surface area contributed by atoms with E-state index < -0.39 is 35.5 Å². The van der Waals surface area contributed by atoms with Gasteiger partial charge in [0.25, 0.3) is 5.91 Å². The zero-order chi connectivity index (χ0) is 20.5. The Labute approximate surface area is 165 Å². The van der Waals surface area contributed by atoms with Gasteiger partial charge in [0.1, 0.15) is 0 Å². The van der Waals surface area contributed by atoms with Crippen molar-refractivity contribution in [3.63, 3.8) is 0 Å². The largest absolute Gasteiger partial charge is 0.416 e. The summed E-state index contributed by atoms with van der Waals surface area (Å²) < 4.78 is 39.5. The smallest absolute Gasteiger partial charge is 0.276 e. The van der Waals surface area contributed by atoms with Gasteiger partial charge in [0.2, 0.25) is 5.91 Å². The summed E-state index contributed by atoms with van der Waals surface area (Å²) >= 11 is 3.26. The topological polar surface area (TPSA) is 78.8 Å². The van der Waals surface area contributed by atoms with Gasteiger partial charge < -0.3 is 0 Å². The van der Waals surface area contributed by atoms with Gasteiger partial charge in [-0.1, -0.05) is 28.1 Å².